The van der Waals surface area contributed by atoms with Gasteiger partial charge in [0.1, 0.15) is 0 Å². The molecule has 0 saturated carbocycles. The zero-order valence-electron chi connectivity index (χ0n) is 15.1. The highest BCUT2D eigenvalue weighted by Gasteiger charge is 2.55. The molecule has 27 heavy (non-hydrogen) atoms. The summed E-state index contributed by atoms with van der Waals surface area (Å²) in [5.74, 6) is -0.282. The maximum Gasteiger partial charge on any atom is 0.336 e. The van der Waals surface area contributed by atoms with Crippen molar-refractivity contribution < 1.29 is 14.3 Å². The molecule has 1 saturated heterocycles. The lowest BCUT2D eigenvalue weighted by Gasteiger charge is -2.42. The SMILES string of the molecule is CCCOC(=O)C1(N2CCOCC2)c2cc(Cl)ccc2-c2ccc(Cl)cc21. The van der Waals surface area contributed by atoms with Crippen LogP contribution in [0, 0.1) is 0 Å². The molecule has 1 fully saturated rings. The molecule has 0 spiro atoms. The molecule has 0 bridgehead atoms. The van der Waals surface area contributed by atoms with Crippen LogP contribution < -0.4 is 0 Å². The maximum atomic E-state index is 13.6. The second-order valence-electron chi connectivity index (χ2n) is 6.83. The van der Waals surface area contributed by atoms with E-state index >= 15 is 0 Å². The largest absolute Gasteiger partial charge is 0.464 e. The molecular weight excluding hydrogens is 385 g/mol. The van der Waals surface area contributed by atoms with Crippen LogP contribution in [-0.4, -0.2) is 43.8 Å². The van der Waals surface area contributed by atoms with Gasteiger partial charge in [-0.1, -0.05) is 42.3 Å². The van der Waals surface area contributed by atoms with Gasteiger partial charge < -0.3 is 9.47 Å². The quantitative estimate of drug-likeness (QED) is 0.701. The topological polar surface area (TPSA) is 38.8 Å². The zero-order chi connectivity index (χ0) is 19.0. The number of carbonyl (C=O) groups is 1. The second-order valence-corrected chi connectivity index (χ2v) is 7.70. The van der Waals surface area contributed by atoms with Gasteiger partial charge >= 0.3 is 5.97 Å². The molecule has 2 aromatic carbocycles. The first-order valence-electron chi connectivity index (χ1n) is 9.19. The van der Waals surface area contributed by atoms with Gasteiger partial charge in [-0.3, -0.25) is 4.90 Å². The van der Waals surface area contributed by atoms with Crippen molar-refractivity contribution in [2.24, 2.45) is 0 Å². The van der Waals surface area contributed by atoms with E-state index in [1.165, 1.54) is 0 Å². The van der Waals surface area contributed by atoms with Gasteiger partial charge in [0.2, 0.25) is 0 Å². The molecular formula is C21H21Cl2NO3. The van der Waals surface area contributed by atoms with E-state index in [9.17, 15) is 4.79 Å². The van der Waals surface area contributed by atoms with E-state index in [4.69, 9.17) is 32.7 Å². The Balaban J connectivity index is 2.00. The van der Waals surface area contributed by atoms with E-state index in [1.807, 2.05) is 43.3 Å². The molecule has 0 amide bonds. The molecule has 4 rings (SSSR count). The molecule has 0 N–H and O–H groups in total. The van der Waals surface area contributed by atoms with Crippen LogP contribution in [0.1, 0.15) is 24.5 Å². The first-order chi connectivity index (χ1) is 13.1. The van der Waals surface area contributed by atoms with Gasteiger partial charge in [-0.25, -0.2) is 4.79 Å². The number of nitrogens with zero attached hydrogens (tertiary/aromatic N) is 1. The number of benzene rings is 2. The lowest BCUT2D eigenvalue weighted by Crippen LogP contribution is -2.56. The summed E-state index contributed by atoms with van der Waals surface area (Å²) in [6.45, 7) is 4.73. The van der Waals surface area contributed by atoms with Crippen LogP contribution in [-0.2, 0) is 19.8 Å². The van der Waals surface area contributed by atoms with Gasteiger partial charge in [0.05, 0.1) is 19.8 Å². The van der Waals surface area contributed by atoms with Crippen molar-refractivity contribution in [3.63, 3.8) is 0 Å². The first-order valence-corrected chi connectivity index (χ1v) is 9.95. The highest BCUT2D eigenvalue weighted by Crippen LogP contribution is 2.53. The van der Waals surface area contributed by atoms with E-state index in [2.05, 4.69) is 4.90 Å². The summed E-state index contributed by atoms with van der Waals surface area (Å²) >= 11 is 12.7. The average Bonchev–Trinajstić information content (AvgIpc) is 2.96. The van der Waals surface area contributed by atoms with Gasteiger partial charge in [-0.05, 0) is 52.9 Å². The summed E-state index contributed by atoms with van der Waals surface area (Å²) in [6, 6.07) is 11.4. The van der Waals surface area contributed by atoms with Crippen LogP contribution in [0.3, 0.4) is 0 Å². The summed E-state index contributed by atoms with van der Waals surface area (Å²) in [5.41, 5.74) is 2.64. The Morgan fingerprint density at radius 3 is 2.15 bits per heavy atom. The molecule has 2 aliphatic rings. The van der Waals surface area contributed by atoms with E-state index in [0.717, 1.165) is 28.7 Å². The molecule has 0 atom stereocenters. The third kappa shape index (κ3) is 2.95. The standard InChI is InChI=1S/C21H21Cl2NO3/c1-2-9-27-20(25)21(24-7-10-26-11-8-24)18-12-14(22)3-5-16(18)17-6-4-15(23)13-19(17)21/h3-6,12-13H,2,7-11H2,1H3. The molecule has 1 heterocycles. The molecule has 4 nitrogen and oxygen atoms in total. The number of rotatable bonds is 4. The lowest BCUT2D eigenvalue weighted by molar-refractivity contribution is -0.159. The molecule has 0 unspecified atom stereocenters. The van der Waals surface area contributed by atoms with E-state index in [1.54, 1.807) is 0 Å². The van der Waals surface area contributed by atoms with Crippen LogP contribution in [0.2, 0.25) is 10.0 Å². The summed E-state index contributed by atoms with van der Waals surface area (Å²) < 4.78 is 11.3. The fraction of sp³-hybridized carbons (Fsp3) is 0.381. The van der Waals surface area contributed by atoms with Crippen molar-refractivity contribution in [3.8, 4) is 11.1 Å². The van der Waals surface area contributed by atoms with E-state index in [0.29, 0.717) is 43.0 Å². The number of esters is 1. The van der Waals surface area contributed by atoms with Gasteiger partial charge in [-0.15, -0.1) is 0 Å². The predicted octanol–water partition coefficient (Wildman–Crippen LogP) is 4.50. The monoisotopic (exact) mass is 405 g/mol. The molecule has 0 radical (unpaired) electrons. The van der Waals surface area contributed by atoms with E-state index in [-0.39, 0.29) is 5.97 Å². The molecule has 142 valence electrons. The van der Waals surface area contributed by atoms with Crippen molar-refractivity contribution >= 4 is 29.2 Å². The molecule has 1 aliphatic heterocycles. The van der Waals surface area contributed by atoms with Gasteiger partial charge in [0, 0.05) is 23.1 Å². The van der Waals surface area contributed by atoms with Crippen molar-refractivity contribution in [3.05, 3.63) is 57.6 Å². The van der Waals surface area contributed by atoms with E-state index < -0.39 is 5.54 Å². The Labute approximate surface area is 169 Å². The van der Waals surface area contributed by atoms with Crippen LogP contribution >= 0.6 is 23.2 Å². The number of ether oxygens (including phenoxy) is 2. The minimum Gasteiger partial charge on any atom is -0.464 e. The molecule has 6 heteroatoms. The van der Waals surface area contributed by atoms with Crippen molar-refractivity contribution in [2.75, 3.05) is 32.9 Å². The summed E-state index contributed by atoms with van der Waals surface area (Å²) in [5, 5.41) is 1.18. The van der Waals surface area contributed by atoms with Gasteiger partial charge in [0.25, 0.3) is 0 Å². The predicted molar refractivity (Wildman–Crippen MR) is 106 cm³/mol. The number of morpholine rings is 1. The molecule has 2 aromatic rings. The third-order valence-electron chi connectivity index (χ3n) is 5.25. The maximum absolute atomic E-state index is 13.6. The van der Waals surface area contributed by atoms with Crippen LogP contribution in [0.15, 0.2) is 36.4 Å². The van der Waals surface area contributed by atoms with Gasteiger partial charge in [-0.2, -0.15) is 0 Å². The number of hydrogen-bond acceptors (Lipinski definition) is 4. The highest BCUT2D eigenvalue weighted by atomic mass is 35.5. The summed E-state index contributed by atoms with van der Waals surface area (Å²) in [4.78, 5) is 15.7. The molecule has 0 aromatic heterocycles. The Morgan fingerprint density at radius 2 is 1.63 bits per heavy atom. The number of hydrogen-bond donors (Lipinski definition) is 0. The average molecular weight is 406 g/mol. The summed E-state index contributed by atoms with van der Waals surface area (Å²) in [7, 11) is 0. The Bertz CT molecular complexity index is 826. The number of carbonyl (C=O) groups excluding carboxylic acids is 1. The van der Waals surface area contributed by atoms with Crippen LogP contribution in [0.4, 0.5) is 0 Å². The second kappa shape index (κ2) is 7.44. The van der Waals surface area contributed by atoms with Crippen LogP contribution in [0.25, 0.3) is 11.1 Å². The number of halogens is 2. The highest BCUT2D eigenvalue weighted by molar-refractivity contribution is 6.31. The fourth-order valence-electron chi connectivity index (χ4n) is 4.13. The van der Waals surface area contributed by atoms with Crippen molar-refractivity contribution in [2.45, 2.75) is 18.9 Å². The van der Waals surface area contributed by atoms with Gasteiger partial charge in [0.15, 0.2) is 5.54 Å². The minimum atomic E-state index is -1.06. The molecule has 1 aliphatic carbocycles. The zero-order valence-corrected chi connectivity index (χ0v) is 16.6. The normalized spacial score (nSPS) is 18.0. The minimum absolute atomic E-state index is 0.282. The first kappa shape index (κ1) is 18.8. The Hall–Kier alpha value is -1.59. The van der Waals surface area contributed by atoms with Crippen molar-refractivity contribution in [1.29, 1.82) is 0 Å². The van der Waals surface area contributed by atoms with Crippen molar-refractivity contribution in [1.82, 2.24) is 4.90 Å². The van der Waals surface area contributed by atoms with Crippen LogP contribution in [0.5, 0.6) is 0 Å². The smallest absolute Gasteiger partial charge is 0.336 e. The third-order valence-corrected chi connectivity index (χ3v) is 5.72. The summed E-state index contributed by atoms with van der Waals surface area (Å²) in [6.07, 6.45) is 0.760. The Morgan fingerprint density at radius 1 is 1.07 bits per heavy atom. The lowest BCUT2D eigenvalue weighted by atomic mass is 9.85. The fourth-order valence-corrected chi connectivity index (χ4v) is 4.48. The Kier molecular flexibility index (Phi) is 5.17. The number of fused-ring (bicyclic) bond motifs is 3.